The Labute approximate surface area is 101 Å². The van der Waals surface area contributed by atoms with Crippen LogP contribution >= 0.6 is 0 Å². The summed E-state index contributed by atoms with van der Waals surface area (Å²) in [5.41, 5.74) is 2.33. The van der Waals surface area contributed by atoms with Gasteiger partial charge in [-0.15, -0.1) is 0 Å². The predicted octanol–water partition coefficient (Wildman–Crippen LogP) is 3.19. The number of para-hydroxylation sites is 1. The Hall–Kier alpha value is -1.96. The molecule has 0 radical (unpaired) electrons. The number of phenols is 1. The van der Waals surface area contributed by atoms with Gasteiger partial charge in [0, 0.05) is 0 Å². The van der Waals surface area contributed by atoms with Crippen molar-refractivity contribution in [1.82, 2.24) is 0 Å². The topological polar surface area (TPSA) is 29.5 Å². The van der Waals surface area contributed by atoms with Crippen molar-refractivity contribution in [2.24, 2.45) is 0 Å². The third-order valence-electron chi connectivity index (χ3n) is 2.79. The van der Waals surface area contributed by atoms with Crippen LogP contribution in [0.5, 0.6) is 11.5 Å². The highest BCUT2D eigenvalue weighted by Crippen LogP contribution is 2.20. The van der Waals surface area contributed by atoms with Gasteiger partial charge in [-0.05, 0) is 42.2 Å². The van der Waals surface area contributed by atoms with Gasteiger partial charge in [-0.1, -0.05) is 30.3 Å². The van der Waals surface area contributed by atoms with Gasteiger partial charge in [0.2, 0.25) is 0 Å². The van der Waals surface area contributed by atoms with Gasteiger partial charge in [-0.25, -0.2) is 0 Å². The number of aryl methyl sites for hydroxylation is 2. The zero-order chi connectivity index (χ0) is 12.1. The molecule has 17 heavy (non-hydrogen) atoms. The summed E-state index contributed by atoms with van der Waals surface area (Å²) in [7, 11) is 1.69. The molecule has 0 aromatic heterocycles. The van der Waals surface area contributed by atoms with Crippen LogP contribution in [-0.2, 0) is 12.8 Å². The average Bonchev–Trinajstić information content (AvgIpc) is 2.37. The SMILES string of the molecule is COc1ccccc1CCc1cccc(O)c1. The molecular formula is C15H16O2. The monoisotopic (exact) mass is 228 g/mol. The number of aromatic hydroxyl groups is 1. The summed E-state index contributed by atoms with van der Waals surface area (Å²) in [6.45, 7) is 0. The fourth-order valence-electron chi connectivity index (χ4n) is 1.90. The zero-order valence-corrected chi connectivity index (χ0v) is 9.89. The summed E-state index contributed by atoms with van der Waals surface area (Å²) in [5, 5.41) is 9.39. The molecule has 88 valence electrons. The van der Waals surface area contributed by atoms with E-state index in [1.54, 1.807) is 19.2 Å². The molecule has 2 nitrogen and oxygen atoms in total. The van der Waals surface area contributed by atoms with Gasteiger partial charge in [0.05, 0.1) is 7.11 Å². The minimum absolute atomic E-state index is 0.322. The van der Waals surface area contributed by atoms with Crippen LogP contribution in [-0.4, -0.2) is 12.2 Å². The van der Waals surface area contributed by atoms with Gasteiger partial charge in [0.15, 0.2) is 0 Å². The average molecular weight is 228 g/mol. The van der Waals surface area contributed by atoms with E-state index in [0.717, 1.165) is 24.2 Å². The predicted molar refractivity (Wildman–Crippen MR) is 68.5 cm³/mol. The van der Waals surface area contributed by atoms with E-state index in [1.807, 2.05) is 30.3 Å². The fourth-order valence-corrected chi connectivity index (χ4v) is 1.90. The quantitative estimate of drug-likeness (QED) is 0.870. The highest BCUT2D eigenvalue weighted by Gasteiger charge is 2.02. The first-order valence-electron chi connectivity index (χ1n) is 5.69. The molecule has 0 aliphatic rings. The Bertz CT molecular complexity index is 492. The first-order valence-corrected chi connectivity index (χ1v) is 5.69. The van der Waals surface area contributed by atoms with Crippen molar-refractivity contribution < 1.29 is 9.84 Å². The molecule has 2 aromatic rings. The maximum atomic E-state index is 9.39. The van der Waals surface area contributed by atoms with Crippen molar-refractivity contribution in [3.63, 3.8) is 0 Å². The van der Waals surface area contributed by atoms with Gasteiger partial charge in [0.25, 0.3) is 0 Å². The Morgan fingerprint density at radius 3 is 2.59 bits per heavy atom. The summed E-state index contributed by atoms with van der Waals surface area (Å²) in [6.07, 6.45) is 1.81. The number of hydrogen-bond donors (Lipinski definition) is 1. The molecule has 2 aromatic carbocycles. The molecule has 0 aliphatic carbocycles. The van der Waals surface area contributed by atoms with E-state index in [4.69, 9.17) is 4.74 Å². The molecule has 0 aliphatic heterocycles. The van der Waals surface area contributed by atoms with Gasteiger partial charge >= 0.3 is 0 Å². The Morgan fingerprint density at radius 2 is 1.82 bits per heavy atom. The second kappa shape index (κ2) is 5.39. The number of ether oxygens (including phenoxy) is 1. The smallest absolute Gasteiger partial charge is 0.122 e. The van der Waals surface area contributed by atoms with E-state index in [0.29, 0.717) is 5.75 Å². The lowest BCUT2D eigenvalue weighted by molar-refractivity contribution is 0.409. The maximum Gasteiger partial charge on any atom is 0.122 e. The number of phenolic OH excluding ortho intramolecular Hbond substituents is 1. The summed E-state index contributed by atoms with van der Waals surface area (Å²) in [5.74, 6) is 1.25. The summed E-state index contributed by atoms with van der Waals surface area (Å²) >= 11 is 0. The van der Waals surface area contributed by atoms with E-state index in [2.05, 4.69) is 6.07 Å². The second-order valence-electron chi connectivity index (χ2n) is 3.98. The number of benzene rings is 2. The third kappa shape index (κ3) is 3.00. The van der Waals surface area contributed by atoms with Crippen molar-refractivity contribution in [2.45, 2.75) is 12.8 Å². The Balaban J connectivity index is 2.07. The molecule has 2 rings (SSSR count). The molecular weight excluding hydrogens is 212 g/mol. The van der Waals surface area contributed by atoms with E-state index in [1.165, 1.54) is 5.56 Å². The van der Waals surface area contributed by atoms with Crippen molar-refractivity contribution in [2.75, 3.05) is 7.11 Å². The van der Waals surface area contributed by atoms with Crippen LogP contribution in [0.25, 0.3) is 0 Å². The second-order valence-corrected chi connectivity index (χ2v) is 3.98. The molecule has 2 heteroatoms. The lowest BCUT2D eigenvalue weighted by Gasteiger charge is -2.08. The molecule has 0 unspecified atom stereocenters. The lowest BCUT2D eigenvalue weighted by Crippen LogP contribution is -1.95. The van der Waals surface area contributed by atoms with Crippen LogP contribution in [0.1, 0.15) is 11.1 Å². The van der Waals surface area contributed by atoms with Gasteiger partial charge in [0.1, 0.15) is 11.5 Å². The van der Waals surface area contributed by atoms with Crippen LogP contribution in [0.2, 0.25) is 0 Å². The number of hydrogen-bond acceptors (Lipinski definition) is 2. The van der Waals surface area contributed by atoms with Crippen LogP contribution in [0.4, 0.5) is 0 Å². The maximum absolute atomic E-state index is 9.39. The first-order chi connectivity index (χ1) is 8.29. The molecule has 0 fully saturated rings. The molecule has 0 amide bonds. The van der Waals surface area contributed by atoms with Gasteiger partial charge < -0.3 is 9.84 Å². The van der Waals surface area contributed by atoms with Crippen molar-refractivity contribution >= 4 is 0 Å². The molecule has 1 N–H and O–H groups in total. The molecule has 0 spiro atoms. The highest BCUT2D eigenvalue weighted by atomic mass is 16.5. The highest BCUT2D eigenvalue weighted by molar-refractivity contribution is 5.35. The van der Waals surface area contributed by atoms with Crippen molar-refractivity contribution in [3.8, 4) is 11.5 Å². The van der Waals surface area contributed by atoms with Gasteiger partial charge in [-0.2, -0.15) is 0 Å². The number of methoxy groups -OCH3 is 1. The Kier molecular flexibility index (Phi) is 3.66. The van der Waals surface area contributed by atoms with Crippen LogP contribution in [0.3, 0.4) is 0 Å². The molecule has 0 saturated heterocycles. The van der Waals surface area contributed by atoms with Crippen molar-refractivity contribution in [3.05, 3.63) is 59.7 Å². The minimum atomic E-state index is 0.322. The summed E-state index contributed by atoms with van der Waals surface area (Å²) in [6, 6.07) is 15.4. The lowest BCUT2D eigenvalue weighted by atomic mass is 10.0. The molecule has 0 saturated carbocycles. The summed E-state index contributed by atoms with van der Waals surface area (Å²) < 4.78 is 5.31. The number of rotatable bonds is 4. The first kappa shape index (κ1) is 11.5. The van der Waals surface area contributed by atoms with E-state index in [9.17, 15) is 5.11 Å². The standard InChI is InChI=1S/C15H16O2/c1-17-15-8-3-2-6-13(15)10-9-12-5-4-7-14(16)11-12/h2-8,11,16H,9-10H2,1H3. The molecule has 0 atom stereocenters. The largest absolute Gasteiger partial charge is 0.508 e. The van der Waals surface area contributed by atoms with E-state index < -0.39 is 0 Å². The molecule has 0 bridgehead atoms. The van der Waals surface area contributed by atoms with Gasteiger partial charge in [-0.3, -0.25) is 0 Å². The zero-order valence-electron chi connectivity index (χ0n) is 9.89. The summed E-state index contributed by atoms with van der Waals surface area (Å²) in [4.78, 5) is 0. The fraction of sp³-hybridized carbons (Fsp3) is 0.200. The van der Waals surface area contributed by atoms with Crippen molar-refractivity contribution in [1.29, 1.82) is 0 Å². The van der Waals surface area contributed by atoms with Crippen LogP contribution in [0.15, 0.2) is 48.5 Å². The third-order valence-corrected chi connectivity index (χ3v) is 2.79. The van der Waals surface area contributed by atoms with E-state index in [-0.39, 0.29) is 0 Å². The van der Waals surface area contributed by atoms with Crippen LogP contribution < -0.4 is 4.74 Å². The normalized spacial score (nSPS) is 10.2. The molecule has 0 heterocycles. The van der Waals surface area contributed by atoms with E-state index >= 15 is 0 Å². The Morgan fingerprint density at radius 1 is 1.00 bits per heavy atom. The minimum Gasteiger partial charge on any atom is -0.508 e. The van der Waals surface area contributed by atoms with Crippen LogP contribution in [0, 0.1) is 0 Å².